The van der Waals surface area contributed by atoms with Crippen molar-refractivity contribution in [3.05, 3.63) is 52.2 Å². The van der Waals surface area contributed by atoms with Crippen molar-refractivity contribution >= 4 is 12.2 Å². The number of nitrogens with zero attached hydrogens (tertiary/aromatic N) is 3. The fourth-order valence-electron chi connectivity index (χ4n) is 1.11. The van der Waals surface area contributed by atoms with Crippen molar-refractivity contribution in [2.45, 2.75) is 0 Å². The van der Waals surface area contributed by atoms with Crippen molar-refractivity contribution in [3.63, 3.8) is 0 Å². The van der Waals surface area contributed by atoms with Gasteiger partial charge < -0.3 is 0 Å². The van der Waals surface area contributed by atoms with Gasteiger partial charge in [-0.2, -0.15) is 5.10 Å². The lowest BCUT2D eigenvalue weighted by Crippen LogP contribution is -2.10. The van der Waals surface area contributed by atoms with Crippen LogP contribution in [0.4, 0.5) is 10.3 Å². The summed E-state index contributed by atoms with van der Waals surface area (Å²) in [7, 11) is 0. The number of aromatic nitrogens is 3. The van der Waals surface area contributed by atoms with E-state index in [1.807, 2.05) is 0 Å². The largest absolute Gasteiger partial charge is 0.289 e. The molecular formula is C10H8FN5O. The number of hydrazone groups is 1. The number of aromatic amines is 1. The molecule has 2 aromatic rings. The van der Waals surface area contributed by atoms with Crippen LogP contribution in [0, 0.1) is 5.82 Å². The van der Waals surface area contributed by atoms with E-state index in [0.29, 0.717) is 5.56 Å². The molecule has 1 aromatic heterocycles. The highest BCUT2D eigenvalue weighted by molar-refractivity contribution is 5.80. The van der Waals surface area contributed by atoms with Gasteiger partial charge in [0.2, 0.25) is 5.95 Å². The molecule has 1 heterocycles. The summed E-state index contributed by atoms with van der Waals surface area (Å²) < 4.78 is 13.2. The number of rotatable bonds is 3. The summed E-state index contributed by atoms with van der Waals surface area (Å²) in [6.45, 7) is 0. The molecule has 2 rings (SSSR count). The Morgan fingerprint density at radius 2 is 2.24 bits per heavy atom. The number of nitrogens with one attached hydrogen (secondary N) is 2. The van der Waals surface area contributed by atoms with Gasteiger partial charge in [-0.15, -0.1) is 10.2 Å². The van der Waals surface area contributed by atoms with Crippen molar-refractivity contribution in [2.24, 2.45) is 5.10 Å². The molecule has 86 valence electrons. The number of hydrogen-bond acceptors (Lipinski definition) is 5. The highest BCUT2D eigenvalue weighted by Gasteiger charge is 1.96. The number of benzene rings is 1. The third-order valence-electron chi connectivity index (χ3n) is 1.85. The molecule has 0 bridgehead atoms. The summed E-state index contributed by atoms with van der Waals surface area (Å²) in [4.78, 5) is 13.2. The second-order valence-electron chi connectivity index (χ2n) is 3.07. The molecule has 0 amide bonds. The molecule has 1 aromatic carbocycles. The van der Waals surface area contributed by atoms with E-state index in [0.717, 1.165) is 6.20 Å². The Balaban J connectivity index is 2.08. The maximum absolute atomic E-state index is 13.2. The van der Waals surface area contributed by atoms with Gasteiger partial charge in [0.15, 0.2) is 0 Å². The van der Waals surface area contributed by atoms with Crippen molar-refractivity contribution in [2.75, 3.05) is 5.43 Å². The SMILES string of the molecule is O=c1cnnc(N/N=C\c2ccccc2F)[nH]1. The topological polar surface area (TPSA) is 83.0 Å². The summed E-state index contributed by atoms with van der Waals surface area (Å²) in [5.41, 5.74) is 2.36. The Morgan fingerprint density at radius 1 is 1.41 bits per heavy atom. The van der Waals surface area contributed by atoms with E-state index < -0.39 is 5.56 Å². The van der Waals surface area contributed by atoms with Crippen LogP contribution in [-0.4, -0.2) is 21.4 Å². The third-order valence-corrected chi connectivity index (χ3v) is 1.85. The second-order valence-corrected chi connectivity index (χ2v) is 3.07. The average Bonchev–Trinajstić information content (AvgIpc) is 2.32. The minimum Gasteiger partial charge on any atom is -0.289 e. The van der Waals surface area contributed by atoms with Gasteiger partial charge in [-0.1, -0.05) is 18.2 Å². The molecular weight excluding hydrogens is 225 g/mol. The highest BCUT2D eigenvalue weighted by atomic mass is 19.1. The maximum Gasteiger partial charge on any atom is 0.271 e. The van der Waals surface area contributed by atoms with Crippen molar-refractivity contribution in [3.8, 4) is 0 Å². The van der Waals surface area contributed by atoms with E-state index in [2.05, 4.69) is 25.7 Å². The molecule has 0 spiro atoms. The van der Waals surface area contributed by atoms with Gasteiger partial charge in [-0.3, -0.25) is 9.78 Å². The number of halogens is 1. The average molecular weight is 233 g/mol. The van der Waals surface area contributed by atoms with Crippen molar-refractivity contribution in [1.29, 1.82) is 0 Å². The molecule has 0 aliphatic carbocycles. The molecule has 17 heavy (non-hydrogen) atoms. The van der Waals surface area contributed by atoms with Crippen LogP contribution in [-0.2, 0) is 0 Å². The first kappa shape index (κ1) is 10.9. The molecule has 0 unspecified atom stereocenters. The van der Waals surface area contributed by atoms with Gasteiger partial charge in [0.1, 0.15) is 12.0 Å². The van der Waals surface area contributed by atoms with Crippen LogP contribution in [0.25, 0.3) is 0 Å². The zero-order chi connectivity index (χ0) is 12.1. The molecule has 0 atom stereocenters. The Labute approximate surface area is 95.2 Å². The molecule has 6 nitrogen and oxygen atoms in total. The lowest BCUT2D eigenvalue weighted by molar-refractivity contribution is 0.626. The van der Waals surface area contributed by atoms with Crippen molar-refractivity contribution in [1.82, 2.24) is 15.2 Å². The minimum absolute atomic E-state index is 0.0880. The van der Waals surface area contributed by atoms with Crippen molar-refractivity contribution < 1.29 is 4.39 Å². The first-order valence-electron chi connectivity index (χ1n) is 4.71. The van der Waals surface area contributed by atoms with Gasteiger partial charge in [-0.05, 0) is 6.07 Å². The van der Waals surface area contributed by atoms with E-state index in [1.165, 1.54) is 12.3 Å². The van der Waals surface area contributed by atoms with Gasteiger partial charge in [-0.25, -0.2) is 9.82 Å². The first-order valence-corrected chi connectivity index (χ1v) is 4.71. The van der Waals surface area contributed by atoms with Crippen LogP contribution in [0.1, 0.15) is 5.56 Å². The first-order chi connectivity index (χ1) is 8.25. The second kappa shape index (κ2) is 4.97. The molecule has 0 fully saturated rings. The monoisotopic (exact) mass is 233 g/mol. The normalized spacial score (nSPS) is 10.6. The third kappa shape index (κ3) is 2.94. The molecule has 7 heteroatoms. The van der Waals surface area contributed by atoms with Crippen LogP contribution in [0.2, 0.25) is 0 Å². The Hall–Kier alpha value is -2.57. The maximum atomic E-state index is 13.2. The standard InChI is InChI=1S/C10H8FN5O/c11-8-4-2-1-3-7(8)5-12-15-10-14-9(17)6-13-16-10/h1-6H,(H2,14,15,16,17)/b12-5-. The summed E-state index contributed by atoms with van der Waals surface area (Å²) in [6, 6.07) is 6.17. The summed E-state index contributed by atoms with van der Waals surface area (Å²) in [6.07, 6.45) is 2.31. The van der Waals surface area contributed by atoms with Crippen LogP contribution in [0.15, 0.2) is 40.4 Å². The predicted molar refractivity (Wildman–Crippen MR) is 60.3 cm³/mol. The van der Waals surface area contributed by atoms with E-state index in [9.17, 15) is 9.18 Å². The quantitative estimate of drug-likeness (QED) is 0.605. The Bertz CT molecular complexity index is 595. The lowest BCUT2D eigenvalue weighted by atomic mass is 10.2. The number of hydrogen-bond donors (Lipinski definition) is 2. The summed E-state index contributed by atoms with van der Waals surface area (Å²) in [5.74, 6) is -0.296. The number of anilines is 1. The predicted octanol–water partition coefficient (Wildman–Crippen LogP) is 0.750. The smallest absolute Gasteiger partial charge is 0.271 e. The van der Waals surface area contributed by atoms with E-state index in [4.69, 9.17) is 0 Å². The van der Waals surface area contributed by atoms with Crippen LogP contribution in [0.5, 0.6) is 0 Å². The van der Waals surface area contributed by atoms with Gasteiger partial charge >= 0.3 is 0 Å². The lowest BCUT2D eigenvalue weighted by Gasteiger charge is -1.97. The van der Waals surface area contributed by atoms with Gasteiger partial charge in [0.25, 0.3) is 5.56 Å². The summed E-state index contributed by atoms with van der Waals surface area (Å²) >= 11 is 0. The fourth-order valence-corrected chi connectivity index (χ4v) is 1.11. The van der Waals surface area contributed by atoms with E-state index in [1.54, 1.807) is 18.2 Å². The van der Waals surface area contributed by atoms with Crippen LogP contribution in [0.3, 0.4) is 0 Å². The van der Waals surface area contributed by atoms with Crippen LogP contribution >= 0.6 is 0 Å². The van der Waals surface area contributed by atoms with Crippen LogP contribution < -0.4 is 11.0 Å². The molecule has 0 radical (unpaired) electrons. The Kier molecular flexibility index (Phi) is 3.20. The van der Waals surface area contributed by atoms with E-state index in [-0.39, 0.29) is 11.8 Å². The van der Waals surface area contributed by atoms with Gasteiger partial charge in [0, 0.05) is 5.56 Å². The molecule has 0 saturated carbocycles. The minimum atomic E-state index is -0.399. The molecule has 0 aliphatic heterocycles. The van der Waals surface area contributed by atoms with E-state index >= 15 is 0 Å². The van der Waals surface area contributed by atoms with Gasteiger partial charge in [0.05, 0.1) is 6.21 Å². The Morgan fingerprint density at radius 3 is 3.00 bits per heavy atom. The number of H-pyrrole nitrogens is 1. The fraction of sp³-hybridized carbons (Fsp3) is 0. The molecule has 0 saturated heterocycles. The summed E-state index contributed by atoms with van der Waals surface area (Å²) in [5, 5.41) is 10.7. The zero-order valence-electron chi connectivity index (χ0n) is 8.59. The highest BCUT2D eigenvalue weighted by Crippen LogP contribution is 2.02. The molecule has 0 aliphatic rings. The molecule has 2 N–H and O–H groups in total. The zero-order valence-corrected chi connectivity index (χ0v) is 8.59.